The number of aliphatic hydroxyl groups is 1. The maximum Gasteiger partial charge on any atom is 0.405 e. The Morgan fingerprint density at radius 2 is 1.94 bits per heavy atom. The van der Waals surface area contributed by atoms with Crippen LogP contribution in [-0.4, -0.2) is 47.0 Å². The summed E-state index contributed by atoms with van der Waals surface area (Å²) in [7, 11) is 0. The molecule has 18 heavy (non-hydrogen) atoms. The fourth-order valence-corrected chi connectivity index (χ4v) is 2.51. The second-order valence-corrected chi connectivity index (χ2v) is 5.45. The van der Waals surface area contributed by atoms with Gasteiger partial charge in [-0.1, -0.05) is 6.92 Å². The average molecular weight is 268 g/mol. The summed E-state index contributed by atoms with van der Waals surface area (Å²) in [5, 5.41) is 9.91. The predicted octanol–water partition coefficient (Wildman–Crippen LogP) is 1.89. The van der Waals surface area contributed by atoms with Crippen LogP contribution in [-0.2, 0) is 0 Å². The minimum Gasteiger partial charge on any atom is -0.390 e. The maximum atomic E-state index is 13.1. The van der Waals surface area contributed by atoms with Gasteiger partial charge in [-0.15, -0.1) is 0 Å². The second-order valence-electron chi connectivity index (χ2n) is 5.45. The van der Waals surface area contributed by atoms with Gasteiger partial charge in [0.2, 0.25) is 0 Å². The number of likely N-dealkylation sites (tertiary alicyclic amines) is 1. The van der Waals surface area contributed by atoms with Gasteiger partial charge in [0.15, 0.2) is 0 Å². The zero-order valence-electron chi connectivity index (χ0n) is 11.0. The Morgan fingerprint density at radius 1 is 1.33 bits per heavy atom. The molecule has 0 aromatic rings. The van der Waals surface area contributed by atoms with Crippen LogP contribution in [0.3, 0.4) is 0 Å². The van der Waals surface area contributed by atoms with E-state index in [1.54, 1.807) is 13.8 Å². The van der Waals surface area contributed by atoms with Crippen molar-refractivity contribution in [2.45, 2.75) is 63.4 Å². The van der Waals surface area contributed by atoms with E-state index >= 15 is 0 Å². The van der Waals surface area contributed by atoms with Gasteiger partial charge >= 0.3 is 6.18 Å². The van der Waals surface area contributed by atoms with E-state index in [2.05, 4.69) is 0 Å². The summed E-state index contributed by atoms with van der Waals surface area (Å²) in [6.07, 6.45) is -2.57. The molecule has 6 heteroatoms. The van der Waals surface area contributed by atoms with E-state index in [4.69, 9.17) is 5.73 Å². The van der Waals surface area contributed by atoms with E-state index < -0.39 is 23.9 Å². The van der Waals surface area contributed by atoms with Gasteiger partial charge in [-0.25, -0.2) is 0 Å². The van der Waals surface area contributed by atoms with Crippen LogP contribution in [0.4, 0.5) is 13.2 Å². The molecule has 3 N–H and O–H groups in total. The lowest BCUT2D eigenvalue weighted by molar-refractivity contribution is -0.189. The average Bonchev–Trinajstić information content (AvgIpc) is 2.38. The molecule has 108 valence electrons. The van der Waals surface area contributed by atoms with Crippen molar-refractivity contribution in [2.75, 3.05) is 13.1 Å². The third-order valence-electron chi connectivity index (χ3n) is 3.70. The number of rotatable bonds is 3. The van der Waals surface area contributed by atoms with Crippen LogP contribution in [0.25, 0.3) is 0 Å². The Kier molecular flexibility index (Phi) is 5.03. The van der Waals surface area contributed by atoms with E-state index in [0.717, 1.165) is 0 Å². The van der Waals surface area contributed by atoms with Crippen LogP contribution < -0.4 is 5.73 Å². The van der Waals surface area contributed by atoms with Crippen LogP contribution in [0.15, 0.2) is 0 Å². The van der Waals surface area contributed by atoms with Crippen molar-refractivity contribution in [2.24, 2.45) is 5.73 Å². The molecule has 1 fully saturated rings. The number of hydrogen-bond acceptors (Lipinski definition) is 3. The maximum absolute atomic E-state index is 13.1. The molecule has 3 nitrogen and oxygen atoms in total. The molecule has 0 amide bonds. The van der Waals surface area contributed by atoms with Crippen LogP contribution >= 0.6 is 0 Å². The molecule has 0 saturated carbocycles. The van der Waals surface area contributed by atoms with Gasteiger partial charge in [0, 0.05) is 12.6 Å². The molecular formula is C12H23F3N2O. The summed E-state index contributed by atoms with van der Waals surface area (Å²) in [6, 6.07) is -2.51. The molecule has 1 aliphatic heterocycles. The molecule has 1 aliphatic rings. The molecule has 3 unspecified atom stereocenters. The van der Waals surface area contributed by atoms with Gasteiger partial charge in [-0.3, -0.25) is 4.90 Å². The monoisotopic (exact) mass is 268 g/mol. The first-order valence-corrected chi connectivity index (χ1v) is 6.46. The number of nitrogens with zero attached hydrogens (tertiary/aromatic N) is 1. The number of hydrogen-bond donors (Lipinski definition) is 2. The molecule has 0 radical (unpaired) electrons. The van der Waals surface area contributed by atoms with Crippen LogP contribution in [0.2, 0.25) is 0 Å². The third-order valence-corrected chi connectivity index (χ3v) is 3.70. The Morgan fingerprint density at radius 3 is 2.44 bits per heavy atom. The fraction of sp³-hybridized carbons (Fsp3) is 1.00. The number of nitrogens with two attached hydrogens (primary N) is 1. The van der Waals surface area contributed by atoms with Crippen molar-refractivity contribution in [1.29, 1.82) is 0 Å². The van der Waals surface area contributed by atoms with Gasteiger partial charge in [-0.2, -0.15) is 13.2 Å². The lowest BCUT2D eigenvalue weighted by Crippen LogP contribution is -2.56. The van der Waals surface area contributed by atoms with Crippen LogP contribution in [0.5, 0.6) is 0 Å². The van der Waals surface area contributed by atoms with E-state index in [1.165, 1.54) is 4.90 Å². The highest BCUT2D eigenvalue weighted by Crippen LogP contribution is 2.31. The Bertz CT molecular complexity index is 269. The van der Waals surface area contributed by atoms with Gasteiger partial charge < -0.3 is 10.8 Å². The standard InChI is InChI=1S/C12H23F3N2O/c1-3-9(16)10(12(13,14)15)17-7-4-5-11(2,18)6-8-17/h9-10,18H,3-8,16H2,1-2H3. The number of alkyl halides is 3. The summed E-state index contributed by atoms with van der Waals surface area (Å²) >= 11 is 0. The zero-order valence-corrected chi connectivity index (χ0v) is 11.0. The normalized spacial score (nSPS) is 30.8. The molecule has 0 aromatic heterocycles. The molecule has 1 rings (SSSR count). The molecule has 1 saturated heterocycles. The highest BCUT2D eigenvalue weighted by atomic mass is 19.4. The first kappa shape index (κ1) is 15.7. The van der Waals surface area contributed by atoms with Crippen LogP contribution in [0, 0.1) is 0 Å². The van der Waals surface area contributed by atoms with Gasteiger partial charge in [0.25, 0.3) is 0 Å². The summed E-state index contributed by atoms with van der Waals surface area (Å²) in [5.74, 6) is 0. The first-order valence-electron chi connectivity index (χ1n) is 6.46. The smallest absolute Gasteiger partial charge is 0.390 e. The zero-order chi connectivity index (χ0) is 14.0. The minimum absolute atomic E-state index is 0.241. The number of halogens is 3. The van der Waals surface area contributed by atoms with E-state index in [-0.39, 0.29) is 13.0 Å². The predicted molar refractivity (Wildman–Crippen MR) is 64.2 cm³/mol. The summed E-state index contributed by atoms with van der Waals surface area (Å²) < 4.78 is 39.2. The fourth-order valence-electron chi connectivity index (χ4n) is 2.51. The second kappa shape index (κ2) is 5.75. The van der Waals surface area contributed by atoms with Gasteiger partial charge in [0.1, 0.15) is 6.04 Å². The Balaban J connectivity index is 2.80. The molecule has 0 aliphatic carbocycles. The molecule has 1 heterocycles. The Hall–Kier alpha value is -0.330. The first-order chi connectivity index (χ1) is 8.17. The van der Waals surface area contributed by atoms with Crippen molar-refractivity contribution in [3.63, 3.8) is 0 Å². The summed E-state index contributed by atoms with van der Waals surface area (Å²) in [6.45, 7) is 3.93. The summed E-state index contributed by atoms with van der Waals surface area (Å²) in [4.78, 5) is 1.38. The lowest BCUT2D eigenvalue weighted by Gasteiger charge is -2.35. The van der Waals surface area contributed by atoms with Crippen LogP contribution in [0.1, 0.15) is 39.5 Å². The van der Waals surface area contributed by atoms with Crippen molar-refractivity contribution < 1.29 is 18.3 Å². The Labute approximate surface area is 106 Å². The minimum atomic E-state index is -4.31. The van der Waals surface area contributed by atoms with E-state index in [9.17, 15) is 18.3 Å². The molecule has 0 spiro atoms. The van der Waals surface area contributed by atoms with Crippen molar-refractivity contribution >= 4 is 0 Å². The van der Waals surface area contributed by atoms with Crippen molar-refractivity contribution in [3.8, 4) is 0 Å². The van der Waals surface area contributed by atoms with E-state index in [1.807, 2.05) is 0 Å². The molecule has 0 aromatic carbocycles. The SMILES string of the molecule is CCC(N)C(N1CCCC(C)(O)CC1)C(F)(F)F. The summed E-state index contributed by atoms with van der Waals surface area (Å²) in [5.41, 5.74) is 4.77. The molecular weight excluding hydrogens is 245 g/mol. The molecule has 3 atom stereocenters. The largest absolute Gasteiger partial charge is 0.405 e. The quantitative estimate of drug-likeness (QED) is 0.822. The van der Waals surface area contributed by atoms with E-state index in [0.29, 0.717) is 25.8 Å². The molecule has 0 bridgehead atoms. The third kappa shape index (κ3) is 4.10. The van der Waals surface area contributed by atoms with Crippen molar-refractivity contribution in [3.05, 3.63) is 0 Å². The van der Waals surface area contributed by atoms with Crippen molar-refractivity contribution in [1.82, 2.24) is 4.90 Å². The topological polar surface area (TPSA) is 49.5 Å². The van der Waals surface area contributed by atoms with Gasteiger partial charge in [-0.05, 0) is 39.2 Å². The lowest BCUT2D eigenvalue weighted by atomic mass is 9.98. The highest BCUT2D eigenvalue weighted by molar-refractivity contribution is 4.90. The van der Waals surface area contributed by atoms with Gasteiger partial charge in [0.05, 0.1) is 5.60 Å². The highest BCUT2D eigenvalue weighted by Gasteiger charge is 2.47.